The summed E-state index contributed by atoms with van der Waals surface area (Å²) in [6, 6.07) is 6.30. The number of carboxylic acids is 1. The summed E-state index contributed by atoms with van der Waals surface area (Å²) in [4.78, 5) is 23.1. The summed E-state index contributed by atoms with van der Waals surface area (Å²) < 4.78 is 0. The van der Waals surface area contributed by atoms with Gasteiger partial charge in [-0.25, -0.2) is 0 Å². The molecular formula is C18H23ClNO3-. The van der Waals surface area contributed by atoms with E-state index >= 15 is 0 Å². The summed E-state index contributed by atoms with van der Waals surface area (Å²) in [5, 5.41) is 14.3. The van der Waals surface area contributed by atoms with Crippen LogP contribution in [0.3, 0.4) is 0 Å². The van der Waals surface area contributed by atoms with Crippen LogP contribution in [0.2, 0.25) is 5.02 Å². The molecule has 1 amide bonds. The van der Waals surface area contributed by atoms with Crippen molar-refractivity contribution in [2.45, 2.75) is 57.4 Å². The Balaban J connectivity index is 1.91. The lowest BCUT2D eigenvalue weighted by atomic mass is 9.86. The zero-order valence-electron chi connectivity index (χ0n) is 13.2. The predicted octanol–water partition coefficient (Wildman–Crippen LogP) is 3.00. The van der Waals surface area contributed by atoms with Crippen LogP contribution in [0.4, 0.5) is 0 Å². The van der Waals surface area contributed by atoms with Crippen LogP contribution < -0.4 is 10.4 Å². The van der Waals surface area contributed by atoms with E-state index in [9.17, 15) is 14.7 Å². The smallest absolute Gasteiger partial charge is 0.220 e. The minimum Gasteiger partial charge on any atom is -0.550 e. The van der Waals surface area contributed by atoms with E-state index in [1.165, 1.54) is 32.1 Å². The van der Waals surface area contributed by atoms with Crippen molar-refractivity contribution >= 4 is 23.5 Å². The van der Waals surface area contributed by atoms with Gasteiger partial charge in [0.2, 0.25) is 5.91 Å². The van der Waals surface area contributed by atoms with Crippen LogP contribution in [0.15, 0.2) is 24.3 Å². The molecule has 0 heterocycles. The van der Waals surface area contributed by atoms with Crippen molar-refractivity contribution in [3.05, 3.63) is 34.9 Å². The molecule has 0 unspecified atom stereocenters. The predicted molar refractivity (Wildman–Crippen MR) is 87.8 cm³/mol. The fourth-order valence-electron chi connectivity index (χ4n) is 3.22. The number of hydrogen-bond donors (Lipinski definition) is 1. The third kappa shape index (κ3) is 6.22. The van der Waals surface area contributed by atoms with Gasteiger partial charge in [-0.05, 0) is 30.0 Å². The fourth-order valence-corrected chi connectivity index (χ4v) is 3.42. The first-order valence-corrected chi connectivity index (χ1v) is 8.67. The largest absolute Gasteiger partial charge is 0.550 e. The molecule has 1 N–H and O–H groups in total. The Hall–Kier alpha value is -1.55. The van der Waals surface area contributed by atoms with Crippen LogP contribution in [0.25, 0.3) is 0 Å². The van der Waals surface area contributed by atoms with Gasteiger partial charge in [0.05, 0.1) is 6.04 Å². The van der Waals surface area contributed by atoms with Crippen molar-refractivity contribution in [1.82, 2.24) is 5.32 Å². The monoisotopic (exact) mass is 336 g/mol. The van der Waals surface area contributed by atoms with Crippen LogP contribution in [0, 0.1) is 5.92 Å². The van der Waals surface area contributed by atoms with Gasteiger partial charge >= 0.3 is 0 Å². The Morgan fingerprint density at radius 3 is 2.65 bits per heavy atom. The van der Waals surface area contributed by atoms with Crippen molar-refractivity contribution in [1.29, 1.82) is 0 Å². The number of carbonyl (C=O) groups is 2. The lowest BCUT2D eigenvalue weighted by Gasteiger charge is -2.23. The van der Waals surface area contributed by atoms with Gasteiger partial charge in [-0.15, -0.1) is 0 Å². The summed E-state index contributed by atoms with van der Waals surface area (Å²) in [6.07, 6.45) is 7.26. The van der Waals surface area contributed by atoms with E-state index in [1.54, 1.807) is 24.3 Å². The molecule has 1 saturated carbocycles. The Morgan fingerprint density at radius 2 is 2.00 bits per heavy atom. The van der Waals surface area contributed by atoms with Gasteiger partial charge in [-0.3, -0.25) is 4.79 Å². The van der Waals surface area contributed by atoms with E-state index in [4.69, 9.17) is 11.6 Å². The number of carbonyl (C=O) groups excluding carboxylic acids is 2. The quantitative estimate of drug-likeness (QED) is 0.832. The minimum absolute atomic E-state index is 0.109. The van der Waals surface area contributed by atoms with E-state index in [0.717, 1.165) is 6.42 Å². The number of hydrogen-bond acceptors (Lipinski definition) is 3. The van der Waals surface area contributed by atoms with Gasteiger partial charge < -0.3 is 15.2 Å². The maximum absolute atomic E-state index is 12.2. The van der Waals surface area contributed by atoms with Gasteiger partial charge in [0.1, 0.15) is 0 Å². The molecule has 0 spiro atoms. The molecule has 4 nitrogen and oxygen atoms in total. The average molecular weight is 337 g/mol. The van der Waals surface area contributed by atoms with Crippen molar-refractivity contribution in [2.75, 3.05) is 0 Å². The number of rotatable bonds is 7. The number of nitrogens with one attached hydrogen (secondary N) is 1. The highest BCUT2D eigenvalue weighted by molar-refractivity contribution is 6.30. The van der Waals surface area contributed by atoms with Gasteiger partial charge in [0.15, 0.2) is 0 Å². The molecule has 1 fully saturated rings. The Labute approximate surface area is 142 Å². The molecular weight excluding hydrogens is 314 g/mol. The second-order valence-corrected chi connectivity index (χ2v) is 6.73. The third-order valence-electron chi connectivity index (χ3n) is 4.46. The summed E-state index contributed by atoms with van der Waals surface area (Å²) in [5.41, 5.74) is 0.688. The van der Waals surface area contributed by atoms with E-state index in [1.807, 2.05) is 0 Å². The zero-order chi connectivity index (χ0) is 16.7. The van der Waals surface area contributed by atoms with E-state index < -0.39 is 12.0 Å². The van der Waals surface area contributed by atoms with Crippen molar-refractivity contribution in [2.24, 2.45) is 5.92 Å². The molecule has 1 aromatic rings. The summed E-state index contributed by atoms with van der Waals surface area (Å²) in [7, 11) is 0. The maximum Gasteiger partial charge on any atom is 0.220 e. The SMILES string of the molecule is O=C([O-])C[C@H](NC(=O)CCC1CCCCC1)c1cccc(Cl)c1. The minimum atomic E-state index is -1.19. The van der Waals surface area contributed by atoms with E-state index in [0.29, 0.717) is 22.9 Å². The normalized spacial score (nSPS) is 16.7. The van der Waals surface area contributed by atoms with Crippen molar-refractivity contribution < 1.29 is 14.7 Å². The first kappa shape index (κ1) is 17.8. The topological polar surface area (TPSA) is 69.2 Å². The molecule has 126 valence electrons. The van der Waals surface area contributed by atoms with Crippen LogP contribution in [0.1, 0.15) is 63.0 Å². The molecule has 23 heavy (non-hydrogen) atoms. The summed E-state index contributed by atoms with van der Waals surface area (Å²) >= 11 is 5.95. The van der Waals surface area contributed by atoms with Crippen LogP contribution in [-0.4, -0.2) is 11.9 Å². The molecule has 5 heteroatoms. The number of benzene rings is 1. The first-order chi connectivity index (χ1) is 11.0. The molecule has 1 atom stereocenters. The molecule has 0 bridgehead atoms. The maximum atomic E-state index is 12.2. The molecule has 0 aromatic heterocycles. The van der Waals surface area contributed by atoms with Gasteiger partial charge in [-0.2, -0.15) is 0 Å². The molecule has 2 rings (SSSR count). The Bertz CT molecular complexity index is 541. The number of aliphatic carboxylic acids is 1. The number of amides is 1. The third-order valence-corrected chi connectivity index (χ3v) is 4.70. The lowest BCUT2D eigenvalue weighted by molar-refractivity contribution is -0.306. The van der Waals surface area contributed by atoms with Gasteiger partial charge in [0.25, 0.3) is 0 Å². The number of carboxylic acid groups (broad SMARTS) is 1. The Morgan fingerprint density at radius 1 is 1.26 bits per heavy atom. The highest BCUT2D eigenvalue weighted by atomic mass is 35.5. The molecule has 0 saturated heterocycles. The summed E-state index contributed by atoms with van der Waals surface area (Å²) in [5.74, 6) is -0.676. The second-order valence-electron chi connectivity index (χ2n) is 6.29. The van der Waals surface area contributed by atoms with Crippen LogP contribution in [0.5, 0.6) is 0 Å². The molecule has 0 aliphatic heterocycles. The van der Waals surface area contributed by atoms with E-state index in [-0.39, 0.29) is 12.3 Å². The fraction of sp³-hybridized carbons (Fsp3) is 0.556. The molecule has 1 aromatic carbocycles. The highest BCUT2D eigenvalue weighted by Gasteiger charge is 2.18. The zero-order valence-corrected chi connectivity index (χ0v) is 14.0. The molecule has 0 radical (unpaired) electrons. The van der Waals surface area contributed by atoms with Crippen molar-refractivity contribution in [3.8, 4) is 0 Å². The van der Waals surface area contributed by atoms with Crippen LogP contribution >= 0.6 is 11.6 Å². The Kier molecular flexibility index (Phi) is 6.90. The standard InChI is InChI=1S/C18H24ClNO3/c19-15-8-4-7-14(11-15)16(12-18(22)23)20-17(21)10-9-13-5-2-1-3-6-13/h4,7-8,11,13,16H,1-3,5-6,9-10,12H2,(H,20,21)(H,22,23)/p-1/t16-/m0/s1. The number of halogens is 1. The molecule has 1 aliphatic rings. The van der Waals surface area contributed by atoms with Gasteiger partial charge in [-0.1, -0.05) is 55.8 Å². The van der Waals surface area contributed by atoms with E-state index in [2.05, 4.69) is 5.32 Å². The van der Waals surface area contributed by atoms with Crippen LogP contribution in [-0.2, 0) is 9.59 Å². The summed E-state index contributed by atoms with van der Waals surface area (Å²) in [6.45, 7) is 0. The van der Waals surface area contributed by atoms with Gasteiger partial charge in [0, 0.05) is 23.8 Å². The molecule has 1 aliphatic carbocycles. The van der Waals surface area contributed by atoms with Crippen molar-refractivity contribution in [3.63, 3.8) is 0 Å². The first-order valence-electron chi connectivity index (χ1n) is 8.29. The second kappa shape index (κ2) is 8.92. The lowest BCUT2D eigenvalue weighted by Crippen LogP contribution is -2.34. The average Bonchev–Trinajstić information content (AvgIpc) is 2.53. The highest BCUT2D eigenvalue weighted by Crippen LogP contribution is 2.27.